The number of carbonyl (C=O) groups is 1. The largest absolute Gasteiger partial charge is 0.369 e. The Hall–Kier alpha value is -1.46. The quantitative estimate of drug-likeness (QED) is 0.850. The van der Waals surface area contributed by atoms with Gasteiger partial charge in [0.15, 0.2) is 0 Å². The fourth-order valence-electron chi connectivity index (χ4n) is 3.21. The van der Waals surface area contributed by atoms with Crippen LogP contribution in [0.2, 0.25) is 0 Å². The molecule has 3 rings (SSSR count). The van der Waals surface area contributed by atoms with E-state index in [1.807, 2.05) is 4.90 Å². The highest BCUT2D eigenvalue weighted by Gasteiger charge is 2.44. The summed E-state index contributed by atoms with van der Waals surface area (Å²) in [5.41, 5.74) is 0.470. The van der Waals surface area contributed by atoms with Gasteiger partial charge in [0, 0.05) is 5.69 Å². The summed E-state index contributed by atoms with van der Waals surface area (Å²) in [7, 11) is 0. The van der Waals surface area contributed by atoms with Gasteiger partial charge in [-0.2, -0.15) is 0 Å². The van der Waals surface area contributed by atoms with E-state index < -0.39 is 0 Å². The van der Waals surface area contributed by atoms with Crippen molar-refractivity contribution in [3.05, 3.63) is 30.1 Å². The molecular formula is C15H19FN2O2. The van der Waals surface area contributed by atoms with Crippen molar-refractivity contribution in [1.29, 1.82) is 0 Å². The van der Waals surface area contributed by atoms with Crippen LogP contribution in [0.15, 0.2) is 24.3 Å². The number of morpholine rings is 1. The van der Waals surface area contributed by atoms with Gasteiger partial charge >= 0.3 is 0 Å². The first kappa shape index (κ1) is 13.5. The van der Waals surface area contributed by atoms with Crippen molar-refractivity contribution in [3.8, 4) is 0 Å². The molecule has 1 N–H and O–H groups in total. The molecule has 0 radical (unpaired) electrons. The number of anilines is 1. The fraction of sp³-hybridized carbons (Fsp3) is 0.533. The average molecular weight is 278 g/mol. The molecule has 2 saturated heterocycles. The second-order valence-electron chi connectivity index (χ2n) is 5.53. The molecule has 0 saturated carbocycles. The Kier molecular flexibility index (Phi) is 3.72. The molecule has 2 aliphatic rings. The molecule has 20 heavy (non-hydrogen) atoms. The minimum absolute atomic E-state index is 0.0373. The normalized spacial score (nSPS) is 27.6. The third-order valence-corrected chi connectivity index (χ3v) is 4.17. The van der Waals surface area contributed by atoms with Crippen LogP contribution in [-0.2, 0) is 9.53 Å². The van der Waals surface area contributed by atoms with Crippen LogP contribution in [0.5, 0.6) is 0 Å². The van der Waals surface area contributed by atoms with Crippen LogP contribution in [-0.4, -0.2) is 37.7 Å². The molecule has 1 aromatic rings. The van der Waals surface area contributed by atoms with Crippen LogP contribution in [0, 0.1) is 5.82 Å². The molecule has 1 spiro atoms. The third-order valence-electron chi connectivity index (χ3n) is 4.17. The molecule has 0 bridgehead atoms. The first-order valence-electron chi connectivity index (χ1n) is 7.08. The number of carbonyl (C=O) groups excluding carboxylic acids is 1. The maximum Gasteiger partial charge on any atom is 0.253 e. The van der Waals surface area contributed by atoms with E-state index in [2.05, 4.69) is 5.32 Å². The zero-order valence-corrected chi connectivity index (χ0v) is 11.4. The molecule has 0 aromatic heterocycles. The zero-order chi connectivity index (χ0) is 14.0. The van der Waals surface area contributed by atoms with Crippen molar-refractivity contribution in [2.24, 2.45) is 0 Å². The van der Waals surface area contributed by atoms with E-state index in [9.17, 15) is 9.18 Å². The first-order chi connectivity index (χ1) is 9.71. The summed E-state index contributed by atoms with van der Waals surface area (Å²) in [5, 5.41) is 3.36. The van der Waals surface area contributed by atoms with Crippen molar-refractivity contribution >= 4 is 11.6 Å². The smallest absolute Gasteiger partial charge is 0.253 e. The molecule has 1 atom stereocenters. The van der Waals surface area contributed by atoms with Crippen LogP contribution in [0.25, 0.3) is 0 Å². The molecule has 4 nitrogen and oxygen atoms in total. The van der Waals surface area contributed by atoms with Gasteiger partial charge in [-0.15, -0.1) is 0 Å². The summed E-state index contributed by atoms with van der Waals surface area (Å²) < 4.78 is 18.6. The summed E-state index contributed by atoms with van der Waals surface area (Å²) in [6, 6.07) is 6.17. The van der Waals surface area contributed by atoms with E-state index in [0.717, 1.165) is 38.0 Å². The monoisotopic (exact) mass is 278 g/mol. The number of rotatable bonds is 1. The summed E-state index contributed by atoms with van der Waals surface area (Å²) in [6.07, 6.45) is 2.77. The van der Waals surface area contributed by atoms with Crippen molar-refractivity contribution in [1.82, 2.24) is 5.32 Å². The van der Waals surface area contributed by atoms with Gasteiger partial charge in [-0.3, -0.25) is 4.79 Å². The number of amides is 1. The Balaban J connectivity index is 1.97. The van der Waals surface area contributed by atoms with Gasteiger partial charge in [0.25, 0.3) is 5.91 Å². The Morgan fingerprint density at radius 3 is 2.80 bits per heavy atom. The first-order valence-corrected chi connectivity index (χ1v) is 7.08. The molecular weight excluding hydrogens is 259 g/mol. The second kappa shape index (κ2) is 5.50. The molecule has 5 heteroatoms. The van der Waals surface area contributed by atoms with Crippen molar-refractivity contribution in [2.45, 2.75) is 24.8 Å². The topological polar surface area (TPSA) is 41.6 Å². The SMILES string of the molecule is O=C1COCC2(CCCNCC2)N1c1ccc(F)cc1. The van der Waals surface area contributed by atoms with Crippen LogP contribution >= 0.6 is 0 Å². The van der Waals surface area contributed by atoms with Crippen molar-refractivity contribution in [2.75, 3.05) is 31.2 Å². The Labute approximate surface area is 117 Å². The minimum atomic E-state index is -0.295. The molecule has 108 valence electrons. The predicted octanol–water partition coefficient (Wildman–Crippen LogP) is 1.70. The number of nitrogens with zero attached hydrogens (tertiary/aromatic N) is 1. The number of hydrogen-bond acceptors (Lipinski definition) is 3. The molecule has 2 fully saturated rings. The zero-order valence-electron chi connectivity index (χ0n) is 11.4. The number of hydrogen-bond donors (Lipinski definition) is 1. The van der Waals surface area contributed by atoms with Gasteiger partial charge in [-0.05, 0) is 56.6 Å². The Bertz CT molecular complexity index is 481. The van der Waals surface area contributed by atoms with Crippen molar-refractivity contribution in [3.63, 3.8) is 0 Å². The van der Waals surface area contributed by atoms with Crippen LogP contribution in [0.1, 0.15) is 19.3 Å². The highest BCUT2D eigenvalue weighted by atomic mass is 19.1. The fourth-order valence-corrected chi connectivity index (χ4v) is 3.21. The number of ether oxygens (including phenoxy) is 1. The van der Waals surface area contributed by atoms with Gasteiger partial charge in [0.05, 0.1) is 12.1 Å². The maximum absolute atomic E-state index is 13.1. The molecule has 2 heterocycles. The second-order valence-corrected chi connectivity index (χ2v) is 5.53. The van der Waals surface area contributed by atoms with E-state index in [-0.39, 0.29) is 23.9 Å². The summed E-state index contributed by atoms with van der Waals surface area (Å²) in [5.74, 6) is -0.323. The van der Waals surface area contributed by atoms with Crippen LogP contribution in [0.3, 0.4) is 0 Å². The Morgan fingerprint density at radius 2 is 2.00 bits per heavy atom. The molecule has 2 aliphatic heterocycles. The van der Waals surface area contributed by atoms with Crippen LogP contribution in [0.4, 0.5) is 10.1 Å². The molecule has 0 aliphatic carbocycles. The van der Waals surface area contributed by atoms with Gasteiger partial charge in [-0.1, -0.05) is 0 Å². The lowest BCUT2D eigenvalue weighted by Crippen LogP contribution is -2.60. The maximum atomic E-state index is 13.1. The van der Waals surface area contributed by atoms with Gasteiger partial charge in [0.1, 0.15) is 12.4 Å². The highest BCUT2D eigenvalue weighted by Crippen LogP contribution is 2.35. The van der Waals surface area contributed by atoms with E-state index in [0.29, 0.717) is 6.61 Å². The third kappa shape index (κ3) is 2.43. The van der Waals surface area contributed by atoms with Crippen molar-refractivity contribution < 1.29 is 13.9 Å². The van der Waals surface area contributed by atoms with E-state index in [1.54, 1.807) is 12.1 Å². The van der Waals surface area contributed by atoms with Crippen LogP contribution < -0.4 is 10.2 Å². The van der Waals surface area contributed by atoms with E-state index in [4.69, 9.17) is 4.74 Å². The number of halogens is 1. The molecule has 1 unspecified atom stereocenters. The lowest BCUT2D eigenvalue weighted by molar-refractivity contribution is -0.130. The number of benzene rings is 1. The lowest BCUT2D eigenvalue weighted by atomic mass is 9.87. The van der Waals surface area contributed by atoms with E-state index >= 15 is 0 Å². The standard InChI is InChI=1S/C15H19FN2O2/c16-12-2-4-13(5-3-12)18-14(19)10-20-11-15(18)6-1-8-17-9-7-15/h2-5,17H,1,6-11H2. The van der Waals surface area contributed by atoms with Gasteiger partial charge in [0.2, 0.25) is 0 Å². The van der Waals surface area contributed by atoms with Gasteiger partial charge < -0.3 is 15.0 Å². The summed E-state index contributed by atoms with van der Waals surface area (Å²) >= 11 is 0. The molecule has 1 aromatic carbocycles. The Morgan fingerprint density at radius 1 is 1.20 bits per heavy atom. The minimum Gasteiger partial charge on any atom is -0.369 e. The van der Waals surface area contributed by atoms with E-state index in [1.165, 1.54) is 12.1 Å². The number of nitrogens with one attached hydrogen (secondary N) is 1. The highest BCUT2D eigenvalue weighted by molar-refractivity contribution is 5.96. The predicted molar refractivity (Wildman–Crippen MR) is 74.2 cm³/mol. The van der Waals surface area contributed by atoms with Gasteiger partial charge in [-0.25, -0.2) is 4.39 Å². The summed E-state index contributed by atoms with van der Waals surface area (Å²) in [4.78, 5) is 14.2. The molecule has 1 amide bonds. The average Bonchev–Trinajstić information content (AvgIpc) is 2.67. The lowest BCUT2D eigenvalue weighted by Gasteiger charge is -2.46. The summed E-state index contributed by atoms with van der Waals surface area (Å²) in [6.45, 7) is 2.49.